The molecule has 2 rings (SSSR count). The molecule has 1 aliphatic rings. The van der Waals surface area contributed by atoms with Crippen LogP contribution in [0.5, 0.6) is 5.75 Å². The summed E-state index contributed by atoms with van der Waals surface area (Å²) < 4.78 is 5.11. The largest absolute Gasteiger partial charge is 0.507 e. The Labute approximate surface area is 128 Å². The molecule has 1 aromatic rings. The lowest BCUT2D eigenvalue weighted by molar-refractivity contribution is -0.116. The fourth-order valence-corrected chi connectivity index (χ4v) is 2.16. The highest BCUT2D eigenvalue weighted by atomic mass is 16.5. The van der Waals surface area contributed by atoms with E-state index in [0.29, 0.717) is 12.0 Å². The molecule has 0 saturated heterocycles. The summed E-state index contributed by atoms with van der Waals surface area (Å²) in [6.45, 7) is 0.114. The molecule has 0 bridgehead atoms. The number of ether oxygens (including phenoxy) is 1. The van der Waals surface area contributed by atoms with E-state index in [1.165, 1.54) is 12.1 Å². The number of benzene rings is 1. The first-order valence-corrected chi connectivity index (χ1v) is 7.11. The predicted octanol–water partition coefficient (Wildman–Crippen LogP) is 2.23. The lowest BCUT2D eigenvalue weighted by Crippen LogP contribution is -2.11. The van der Waals surface area contributed by atoms with Crippen molar-refractivity contribution in [1.29, 1.82) is 0 Å². The minimum absolute atomic E-state index is 0.0491. The monoisotopic (exact) mass is 302 g/mol. The van der Waals surface area contributed by atoms with Crippen molar-refractivity contribution in [1.82, 2.24) is 0 Å². The molecule has 5 nitrogen and oxygen atoms in total. The molecule has 1 atom stereocenters. The first-order chi connectivity index (χ1) is 10.6. The maximum atomic E-state index is 12.1. The van der Waals surface area contributed by atoms with Crippen LogP contribution in [-0.4, -0.2) is 34.7 Å². The van der Waals surface area contributed by atoms with Crippen molar-refractivity contribution < 1.29 is 24.5 Å². The molecule has 2 N–H and O–H groups in total. The number of cyclic esters (lactones) is 1. The Hall–Kier alpha value is -2.40. The van der Waals surface area contributed by atoms with Crippen molar-refractivity contribution in [2.75, 3.05) is 6.61 Å². The smallest absolute Gasteiger partial charge is 0.342 e. The third-order valence-electron chi connectivity index (χ3n) is 3.24. The van der Waals surface area contributed by atoms with Gasteiger partial charge >= 0.3 is 5.97 Å². The Morgan fingerprint density at radius 1 is 1.14 bits per heavy atom. The number of aliphatic hydroxyl groups is 1. The first kappa shape index (κ1) is 16.0. The quantitative estimate of drug-likeness (QED) is 0.718. The second-order valence-corrected chi connectivity index (χ2v) is 5.03. The van der Waals surface area contributed by atoms with Crippen LogP contribution >= 0.6 is 0 Å². The fraction of sp³-hybridized carbons (Fsp3) is 0.294. The second kappa shape index (κ2) is 7.56. The Balaban J connectivity index is 2.29. The number of ketones is 1. The SMILES string of the molecule is O=C1/C=C\CCOC(=O)c2c(O)cccc2/C=C/C[C@H](O)C1. The number of carbonyl (C=O) groups excluding carboxylic acids is 2. The van der Waals surface area contributed by atoms with Gasteiger partial charge in [0, 0.05) is 6.42 Å². The highest BCUT2D eigenvalue weighted by molar-refractivity contribution is 5.96. The summed E-state index contributed by atoms with van der Waals surface area (Å²) in [7, 11) is 0. The van der Waals surface area contributed by atoms with Crippen molar-refractivity contribution in [3.63, 3.8) is 0 Å². The van der Waals surface area contributed by atoms with Gasteiger partial charge in [-0.25, -0.2) is 4.79 Å². The molecule has 22 heavy (non-hydrogen) atoms. The van der Waals surface area contributed by atoms with Gasteiger partial charge in [-0.3, -0.25) is 4.79 Å². The average molecular weight is 302 g/mol. The van der Waals surface area contributed by atoms with Crippen LogP contribution in [0.15, 0.2) is 36.4 Å². The lowest BCUT2D eigenvalue weighted by atomic mass is 10.0. The van der Waals surface area contributed by atoms with Crippen molar-refractivity contribution >= 4 is 17.8 Å². The van der Waals surface area contributed by atoms with E-state index in [0.717, 1.165) is 0 Å². The summed E-state index contributed by atoms with van der Waals surface area (Å²) in [6.07, 6.45) is 6.24. The summed E-state index contributed by atoms with van der Waals surface area (Å²) in [5, 5.41) is 19.7. The van der Waals surface area contributed by atoms with E-state index in [1.807, 2.05) is 0 Å². The summed E-state index contributed by atoms with van der Waals surface area (Å²) in [5.41, 5.74) is 0.612. The van der Waals surface area contributed by atoms with Crippen LogP contribution in [0.25, 0.3) is 6.08 Å². The highest BCUT2D eigenvalue weighted by Gasteiger charge is 2.16. The summed E-state index contributed by atoms with van der Waals surface area (Å²) in [6, 6.07) is 4.72. The van der Waals surface area contributed by atoms with Crippen molar-refractivity contribution in [2.45, 2.75) is 25.4 Å². The molecular weight excluding hydrogens is 284 g/mol. The summed E-state index contributed by atoms with van der Waals surface area (Å²) in [5.74, 6) is -0.928. The number of hydrogen-bond donors (Lipinski definition) is 2. The third kappa shape index (κ3) is 4.30. The Kier molecular flexibility index (Phi) is 5.49. The number of carbonyl (C=O) groups is 2. The number of rotatable bonds is 0. The first-order valence-electron chi connectivity index (χ1n) is 7.11. The Morgan fingerprint density at radius 2 is 1.95 bits per heavy atom. The van der Waals surface area contributed by atoms with Gasteiger partial charge in [0.1, 0.15) is 11.3 Å². The standard InChI is InChI=1S/C17H18O5/c18-13-7-1-2-10-22-17(21)16-12(6-4-9-15(16)20)5-3-8-14(19)11-13/h1,3-7,9,14,19-20H,2,8,10-11H2/b5-3+,7-1-/t14-/m0/s1. The average Bonchev–Trinajstić information content (AvgIpc) is 2.46. The number of hydrogen-bond acceptors (Lipinski definition) is 5. The third-order valence-corrected chi connectivity index (χ3v) is 3.24. The Bertz CT molecular complexity index is 615. The van der Waals surface area contributed by atoms with Gasteiger partial charge in [-0.2, -0.15) is 0 Å². The topological polar surface area (TPSA) is 83.8 Å². The molecule has 0 unspecified atom stereocenters. The maximum absolute atomic E-state index is 12.1. The lowest BCUT2D eigenvalue weighted by Gasteiger charge is -2.10. The van der Waals surface area contributed by atoms with E-state index in [2.05, 4.69) is 0 Å². The van der Waals surface area contributed by atoms with Gasteiger partial charge < -0.3 is 14.9 Å². The van der Waals surface area contributed by atoms with Gasteiger partial charge in [0.25, 0.3) is 0 Å². The number of fused-ring (bicyclic) bond motifs is 1. The van der Waals surface area contributed by atoms with Crippen LogP contribution in [-0.2, 0) is 9.53 Å². The number of aromatic hydroxyl groups is 1. The molecule has 0 amide bonds. The van der Waals surface area contributed by atoms with Gasteiger partial charge in [-0.15, -0.1) is 0 Å². The zero-order valence-electron chi connectivity index (χ0n) is 12.1. The molecule has 1 aliphatic heterocycles. The van der Waals surface area contributed by atoms with E-state index in [1.54, 1.807) is 30.4 Å². The molecular formula is C17H18O5. The van der Waals surface area contributed by atoms with Gasteiger partial charge in [0.2, 0.25) is 0 Å². The molecule has 0 aromatic heterocycles. The van der Waals surface area contributed by atoms with E-state index < -0.39 is 12.1 Å². The molecule has 0 saturated carbocycles. The zero-order chi connectivity index (χ0) is 15.9. The number of aliphatic hydroxyl groups excluding tert-OH is 1. The molecule has 0 fully saturated rings. The van der Waals surface area contributed by atoms with Crippen LogP contribution in [0.3, 0.4) is 0 Å². The number of phenols is 1. The van der Waals surface area contributed by atoms with E-state index in [9.17, 15) is 19.8 Å². The van der Waals surface area contributed by atoms with Crippen molar-refractivity contribution in [2.24, 2.45) is 0 Å². The van der Waals surface area contributed by atoms with Crippen LogP contribution < -0.4 is 0 Å². The van der Waals surface area contributed by atoms with Crippen molar-refractivity contribution in [3.05, 3.63) is 47.6 Å². The second-order valence-electron chi connectivity index (χ2n) is 5.03. The zero-order valence-corrected chi connectivity index (χ0v) is 12.1. The fourth-order valence-electron chi connectivity index (χ4n) is 2.16. The summed E-state index contributed by atoms with van der Waals surface area (Å²) in [4.78, 5) is 23.6. The molecule has 5 heteroatoms. The van der Waals surface area contributed by atoms with E-state index in [4.69, 9.17) is 4.74 Å². The van der Waals surface area contributed by atoms with Gasteiger partial charge in [-0.05, 0) is 30.5 Å². The molecule has 116 valence electrons. The number of allylic oxidation sites excluding steroid dienone is 1. The van der Waals surface area contributed by atoms with Crippen LogP contribution in [0.2, 0.25) is 0 Å². The molecule has 1 heterocycles. The van der Waals surface area contributed by atoms with Crippen LogP contribution in [0.1, 0.15) is 35.2 Å². The number of phenolic OH excluding ortho intramolecular Hbond substituents is 1. The molecule has 1 aromatic carbocycles. The van der Waals surface area contributed by atoms with Gasteiger partial charge in [-0.1, -0.05) is 30.4 Å². The van der Waals surface area contributed by atoms with E-state index in [-0.39, 0.29) is 36.5 Å². The van der Waals surface area contributed by atoms with Gasteiger partial charge in [0.05, 0.1) is 12.7 Å². The normalized spacial score (nSPS) is 23.0. The van der Waals surface area contributed by atoms with Gasteiger partial charge in [0.15, 0.2) is 5.78 Å². The Morgan fingerprint density at radius 3 is 2.77 bits per heavy atom. The van der Waals surface area contributed by atoms with E-state index >= 15 is 0 Å². The molecule has 0 radical (unpaired) electrons. The number of esters is 1. The highest BCUT2D eigenvalue weighted by Crippen LogP contribution is 2.23. The minimum Gasteiger partial charge on any atom is -0.507 e. The van der Waals surface area contributed by atoms with Crippen LogP contribution in [0.4, 0.5) is 0 Å². The maximum Gasteiger partial charge on any atom is 0.342 e. The van der Waals surface area contributed by atoms with Crippen molar-refractivity contribution in [3.8, 4) is 5.75 Å². The predicted molar refractivity (Wildman–Crippen MR) is 81.4 cm³/mol. The van der Waals surface area contributed by atoms with Crippen LogP contribution in [0, 0.1) is 0 Å². The summed E-state index contributed by atoms with van der Waals surface area (Å²) >= 11 is 0. The molecule has 0 spiro atoms. The molecule has 0 aliphatic carbocycles. The minimum atomic E-state index is -0.774.